The second-order valence-electron chi connectivity index (χ2n) is 7.98. The van der Waals surface area contributed by atoms with E-state index in [0.717, 1.165) is 37.7 Å². The molecule has 4 nitrogen and oxygen atoms in total. The molecule has 0 aromatic heterocycles. The van der Waals surface area contributed by atoms with E-state index in [1.165, 1.54) is 11.1 Å². The fourth-order valence-electron chi connectivity index (χ4n) is 3.79. The molecule has 1 aliphatic heterocycles. The van der Waals surface area contributed by atoms with Crippen molar-refractivity contribution in [2.75, 3.05) is 20.1 Å². The Morgan fingerprint density at radius 3 is 2.52 bits per heavy atom. The number of piperidine rings is 1. The summed E-state index contributed by atoms with van der Waals surface area (Å²) in [6, 6.07) is 16.3. The highest BCUT2D eigenvalue weighted by molar-refractivity contribution is 6.83. The van der Waals surface area contributed by atoms with Gasteiger partial charge in [0.2, 0.25) is 8.32 Å². The molecule has 1 heterocycles. The zero-order valence-corrected chi connectivity index (χ0v) is 17.5. The Kier molecular flexibility index (Phi) is 6.14. The molecular weight excluding hydrogens is 352 g/mol. The molecular formula is C22H30N2O2Si. The van der Waals surface area contributed by atoms with E-state index >= 15 is 0 Å². The van der Waals surface area contributed by atoms with E-state index < -0.39 is 8.32 Å². The van der Waals surface area contributed by atoms with E-state index in [0.29, 0.717) is 11.5 Å². The van der Waals surface area contributed by atoms with E-state index in [1.807, 2.05) is 49.3 Å². The van der Waals surface area contributed by atoms with Gasteiger partial charge in [-0.2, -0.15) is 0 Å². The number of nitrogens with one attached hydrogen (secondary N) is 1. The first-order chi connectivity index (χ1) is 12.9. The highest BCUT2D eigenvalue weighted by Gasteiger charge is 2.26. The molecule has 0 atom stereocenters. The van der Waals surface area contributed by atoms with Crippen LogP contribution in [0.25, 0.3) is 0 Å². The van der Waals surface area contributed by atoms with Crippen LogP contribution in [0.1, 0.15) is 40.2 Å². The van der Waals surface area contributed by atoms with Crippen LogP contribution in [0.2, 0.25) is 13.1 Å². The molecule has 0 bridgehead atoms. The van der Waals surface area contributed by atoms with Gasteiger partial charge in [0.25, 0.3) is 5.91 Å². The minimum atomic E-state index is -2.40. The monoisotopic (exact) mass is 382 g/mol. The summed E-state index contributed by atoms with van der Waals surface area (Å²) in [5.74, 6) is 0.596. The number of carbonyl (C=O) groups excluding carboxylic acids is 1. The standard InChI is InChI=1S/C22H30N2O2Si/c1-23-16-17-6-4-7-19(14-17)18-10-12-24(13-11-18)22(25)20-8-5-9-21(15-20)27(2,3)26/h4-9,14-15,18,23,26H,10-13,16H2,1-3H3. The predicted molar refractivity (Wildman–Crippen MR) is 113 cm³/mol. The molecule has 1 fully saturated rings. The van der Waals surface area contributed by atoms with Gasteiger partial charge in [-0.05, 0) is 67.3 Å². The average molecular weight is 383 g/mol. The van der Waals surface area contributed by atoms with Crippen LogP contribution in [-0.2, 0) is 6.54 Å². The third-order valence-electron chi connectivity index (χ3n) is 5.40. The number of carbonyl (C=O) groups is 1. The lowest BCUT2D eigenvalue weighted by atomic mass is 9.88. The maximum absolute atomic E-state index is 12.9. The Bertz CT molecular complexity index is 793. The van der Waals surface area contributed by atoms with Crippen LogP contribution in [0.3, 0.4) is 0 Å². The molecule has 1 aliphatic rings. The number of rotatable bonds is 5. The molecule has 0 radical (unpaired) electrons. The first-order valence-electron chi connectivity index (χ1n) is 9.74. The van der Waals surface area contributed by atoms with Crippen molar-refractivity contribution < 1.29 is 9.59 Å². The average Bonchev–Trinajstić information content (AvgIpc) is 2.67. The van der Waals surface area contributed by atoms with Crippen molar-refractivity contribution in [2.24, 2.45) is 0 Å². The second-order valence-corrected chi connectivity index (χ2v) is 11.7. The maximum atomic E-state index is 12.9. The summed E-state index contributed by atoms with van der Waals surface area (Å²) in [4.78, 5) is 25.2. The van der Waals surface area contributed by atoms with Gasteiger partial charge in [-0.1, -0.05) is 36.4 Å². The highest BCUT2D eigenvalue weighted by Crippen LogP contribution is 2.29. The van der Waals surface area contributed by atoms with Crippen molar-refractivity contribution in [2.45, 2.75) is 38.4 Å². The van der Waals surface area contributed by atoms with E-state index in [-0.39, 0.29) is 5.91 Å². The summed E-state index contributed by atoms with van der Waals surface area (Å²) in [7, 11) is -0.439. The molecule has 144 valence electrons. The van der Waals surface area contributed by atoms with Crippen molar-refractivity contribution in [3.05, 3.63) is 65.2 Å². The Labute approximate surface area is 163 Å². The summed E-state index contributed by atoms with van der Waals surface area (Å²) in [6.07, 6.45) is 1.99. The highest BCUT2D eigenvalue weighted by atomic mass is 28.4. The lowest BCUT2D eigenvalue weighted by Crippen LogP contribution is -2.43. The smallest absolute Gasteiger partial charge is 0.253 e. The van der Waals surface area contributed by atoms with E-state index in [4.69, 9.17) is 0 Å². The first kappa shape index (κ1) is 19.8. The molecule has 2 N–H and O–H groups in total. The van der Waals surface area contributed by atoms with Gasteiger partial charge < -0.3 is 15.0 Å². The topological polar surface area (TPSA) is 52.6 Å². The SMILES string of the molecule is CNCc1cccc(C2CCN(C(=O)c3cccc([Si](C)(C)O)c3)CC2)c1. The fourth-order valence-corrected chi connectivity index (χ4v) is 4.81. The van der Waals surface area contributed by atoms with Crippen molar-refractivity contribution in [1.82, 2.24) is 10.2 Å². The Balaban J connectivity index is 1.65. The van der Waals surface area contributed by atoms with Crippen molar-refractivity contribution in [3.8, 4) is 0 Å². The van der Waals surface area contributed by atoms with Crippen LogP contribution in [0.4, 0.5) is 0 Å². The summed E-state index contributed by atoms with van der Waals surface area (Å²) < 4.78 is 0. The Morgan fingerprint density at radius 2 is 1.85 bits per heavy atom. The summed E-state index contributed by atoms with van der Waals surface area (Å²) in [5.41, 5.74) is 3.38. The molecule has 0 spiro atoms. The first-order valence-corrected chi connectivity index (χ1v) is 12.7. The van der Waals surface area contributed by atoms with Crippen molar-refractivity contribution >= 4 is 19.4 Å². The number of amides is 1. The normalized spacial score (nSPS) is 15.8. The van der Waals surface area contributed by atoms with Crippen molar-refractivity contribution in [3.63, 3.8) is 0 Å². The molecule has 0 saturated carbocycles. The summed E-state index contributed by atoms with van der Waals surface area (Å²) >= 11 is 0. The van der Waals surface area contributed by atoms with Crippen LogP contribution in [0.15, 0.2) is 48.5 Å². The number of hydrogen-bond acceptors (Lipinski definition) is 3. The van der Waals surface area contributed by atoms with Gasteiger partial charge in [-0.25, -0.2) is 0 Å². The van der Waals surface area contributed by atoms with Crippen molar-refractivity contribution in [1.29, 1.82) is 0 Å². The molecule has 5 heteroatoms. The fraction of sp³-hybridized carbons (Fsp3) is 0.409. The zero-order chi connectivity index (χ0) is 19.4. The van der Waals surface area contributed by atoms with Gasteiger partial charge in [-0.15, -0.1) is 0 Å². The van der Waals surface area contributed by atoms with Gasteiger partial charge in [0.1, 0.15) is 0 Å². The predicted octanol–water partition coefficient (Wildman–Crippen LogP) is 2.83. The van der Waals surface area contributed by atoms with Crippen LogP contribution in [0.5, 0.6) is 0 Å². The van der Waals surface area contributed by atoms with Crippen LogP contribution in [-0.4, -0.2) is 44.1 Å². The minimum absolute atomic E-state index is 0.0810. The molecule has 2 aromatic carbocycles. The summed E-state index contributed by atoms with van der Waals surface area (Å²) in [5, 5.41) is 4.11. The third-order valence-corrected chi connectivity index (χ3v) is 7.13. The van der Waals surface area contributed by atoms with Gasteiger partial charge in [0, 0.05) is 25.2 Å². The molecule has 27 heavy (non-hydrogen) atoms. The summed E-state index contributed by atoms with van der Waals surface area (Å²) in [6.45, 7) is 6.20. The molecule has 0 unspecified atom stereocenters. The molecule has 2 aromatic rings. The van der Waals surface area contributed by atoms with Crippen LogP contribution in [0, 0.1) is 0 Å². The van der Waals surface area contributed by atoms with Gasteiger partial charge in [-0.3, -0.25) is 4.79 Å². The van der Waals surface area contributed by atoms with Gasteiger partial charge in [0.05, 0.1) is 0 Å². The molecule has 1 amide bonds. The lowest BCUT2D eigenvalue weighted by molar-refractivity contribution is 0.0713. The number of benzene rings is 2. The maximum Gasteiger partial charge on any atom is 0.253 e. The molecule has 3 rings (SSSR count). The quantitative estimate of drug-likeness (QED) is 0.782. The Morgan fingerprint density at radius 1 is 1.15 bits per heavy atom. The second kappa shape index (κ2) is 8.38. The van der Waals surface area contributed by atoms with Crippen LogP contribution < -0.4 is 10.5 Å². The van der Waals surface area contributed by atoms with E-state index in [1.54, 1.807) is 0 Å². The number of likely N-dealkylation sites (tertiary alicyclic amines) is 1. The lowest BCUT2D eigenvalue weighted by Gasteiger charge is -2.32. The largest absolute Gasteiger partial charge is 0.428 e. The third kappa shape index (κ3) is 4.86. The number of hydrogen-bond donors (Lipinski definition) is 2. The van der Waals surface area contributed by atoms with Gasteiger partial charge in [0.15, 0.2) is 0 Å². The zero-order valence-electron chi connectivity index (χ0n) is 16.5. The van der Waals surface area contributed by atoms with E-state index in [9.17, 15) is 9.59 Å². The van der Waals surface area contributed by atoms with Crippen LogP contribution >= 0.6 is 0 Å². The molecule has 0 aliphatic carbocycles. The van der Waals surface area contributed by atoms with E-state index in [2.05, 4.69) is 29.6 Å². The minimum Gasteiger partial charge on any atom is -0.428 e. The number of nitrogens with zero attached hydrogens (tertiary/aromatic N) is 1. The van der Waals surface area contributed by atoms with Gasteiger partial charge >= 0.3 is 0 Å². The molecule has 1 saturated heterocycles. The Hall–Kier alpha value is -1.95.